The smallest absolute Gasteiger partial charge is 0.110 e. The summed E-state index contributed by atoms with van der Waals surface area (Å²) in [5.74, 6) is 1.63. The van der Waals surface area contributed by atoms with Crippen molar-refractivity contribution in [3.8, 4) is 0 Å². The van der Waals surface area contributed by atoms with Crippen LogP contribution in [0.15, 0.2) is 35.7 Å². The summed E-state index contributed by atoms with van der Waals surface area (Å²) in [6.45, 7) is 6.70. The van der Waals surface area contributed by atoms with E-state index >= 15 is 0 Å². The first-order valence-corrected chi connectivity index (χ1v) is 8.29. The van der Waals surface area contributed by atoms with Crippen LogP contribution in [0.3, 0.4) is 0 Å². The molecule has 0 amide bonds. The Morgan fingerprint density at radius 1 is 1.29 bits per heavy atom. The summed E-state index contributed by atoms with van der Waals surface area (Å²) in [5.41, 5.74) is 8.85. The van der Waals surface area contributed by atoms with Crippen LogP contribution in [-0.4, -0.2) is 9.55 Å². The van der Waals surface area contributed by atoms with Crippen molar-refractivity contribution < 1.29 is 0 Å². The minimum Gasteiger partial charge on any atom is -0.399 e. The van der Waals surface area contributed by atoms with Crippen molar-refractivity contribution in [3.63, 3.8) is 0 Å². The van der Waals surface area contributed by atoms with Crippen molar-refractivity contribution in [2.24, 2.45) is 5.92 Å². The van der Waals surface area contributed by atoms with Gasteiger partial charge in [-0.25, -0.2) is 4.98 Å². The molecule has 110 valence electrons. The number of rotatable bonds is 4. The number of thiophene rings is 1. The van der Waals surface area contributed by atoms with E-state index in [2.05, 4.69) is 48.9 Å². The van der Waals surface area contributed by atoms with Gasteiger partial charge in [0.2, 0.25) is 0 Å². The first-order chi connectivity index (χ1) is 10.1. The molecule has 0 spiro atoms. The fourth-order valence-corrected chi connectivity index (χ4v) is 3.93. The molecular weight excluding hydrogens is 278 g/mol. The van der Waals surface area contributed by atoms with Gasteiger partial charge in [-0.2, -0.15) is 0 Å². The molecule has 0 bridgehead atoms. The van der Waals surface area contributed by atoms with Gasteiger partial charge in [0.25, 0.3) is 0 Å². The summed E-state index contributed by atoms with van der Waals surface area (Å²) in [6.07, 6.45) is 0.920. The van der Waals surface area contributed by atoms with E-state index in [0.717, 1.165) is 23.4 Å². The summed E-state index contributed by atoms with van der Waals surface area (Å²) < 4.78 is 2.39. The summed E-state index contributed by atoms with van der Waals surface area (Å²) in [6, 6.07) is 10.7. The van der Waals surface area contributed by atoms with Crippen LogP contribution < -0.4 is 5.73 Å². The second-order valence-electron chi connectivity index (χ2n) is 5.70. The molecular formula is C17H21N3S. The number of fused-ring (bicyclic) bond motifs is 1. The Hall–Kier alpha value is -1.81. The molecule has 3 nitrogen and oxygen atoms in total. The van der Waals surface area contributed by atoms with Crippen LogP contribution in [0, 0.1) is 5.92 Å². The molecule has 2 aromatic heterocycles. The number of hydrogen-bond acceptors (Lipinski definition) is 3. The number of nitrogen functional groups attached to an aromatic ring is 1. The Labute approximate surface area is 129 Å². The van der Waals surface area contributed by atoms with E-state index in [4.69, 9.17) is 10.7 Å². The zero-order valence-electron chi connectivity index (χ0n) is 12.7. The van der Waals surface area contributed by atoms with Gasteiger partial charge in [-0.05, 0) is 35.6 Å². The molecule has 2 N–H and O–H groups in total. The number of aryl methyl sites for hydroxylation is 1. The van der Waals surface area contributed by atoms with Gasteiger partial charge < -0.3 is 10.3 Å². The number of aromatic nitrogens is 2. The highest BCUT2D eigenvalue weighted by Gasteiger charge is 2.23. The molecule has 21 heavy (non-hydrogen) atoms. The Kier molecular flexibility index (Phi) is 3.72. The number of nitrogens with zero attached hydrogens (tertiary/aromatic N) is 2. The predicted octanol–water partition coefficient (Wildman–Crippen LogP) is 4.49. The molecule has 2 heterocycles. The molecule has 0 aliphatic heterocycles. The van der Waals surface area contributed by atoms with Crippen LogP contribution in [0.5, 0.6) is 0 Å². The molecule has 0 radical (unpaired) electrons. The minimum absolute atomic E-state index is 0.327. The van der Waals surface area contributed by atoms with Crippen LogP contribution in [0.2, 0.25) is 0 Å². The zero-order chi connectivity index (χ0) is 15.0. The van der Waals surface area contributed by atoms with Crippen LogP contribution in [-0.2, 0) is 6.42 Å². The molecule has 0 aliphatic rings. The van der Waals surface area contributed by atoms with E-state index < -0.39 is 0 Å². The lowest BCUT2D eigenvalue weighted by Crippen LogP contribution is -2.17. The molecule has 1 aromatic carbocycles. The molecule has 3 rings (SSSR count). The minimum atomic E-state index is 0.327. The normalized spacial score (nSPS) is 13.1. The summed E-state index contributed by atoms with van der Waals surface area (Å²) in [5, 5.41) is 2.15. The summed E-state index contributed by atoms with van der Waals surface area (Å²) in [7, 11) is 0. The van der Waals surface area contributed by atoms with Crippen LogP contribution in [0.4, 0.5) is 5.69 Å². The molecule has 0 aliphatic carbocycles. The first-order valence-electron chi connectivity index (χ1n) is 7.41. The molecule has 0 saturated carbocycles. The number of imidazole rings is 1. The van der Waals surface area contributed by atoms with Crippen molar-refractivity contribution >= 4 is 28.1 Å². The Morgan fingerprint density at radius 2 is 2.10 bits per heavy atom. The molecule has 0 saturated heterocycles. The van der Waals surface area contributed by atoms with Gasteiger partial charge in [-0.1, -0.05) is 26.8 Å². The zero-order valence-corrected chi connectivity index (χ0v) is 13.5. The molecule has 3 aromatic rings. The highest BCUT2D eigenvalue weighted by Crippen LogP contribution is 2.34. The first kappa shape index (κ1) is 14.1. The van der Waals surface area contributed by atoms with Crippen LogP contribution in [0.1, 0.15) is 37.5 Å². The summed E-state index contributed by atoms with van der Waals surface area (Å²) in [4.78, 5) is 6.18. The third-order valence-corrected chi connectivity index (χ3v) is 4.79. The van der Waals surface area contributed by atoms with Crippen LogP contribution in [0.25, 0.3) is 11.0 Å². The second-order valence-corrected chi connectivity index (χ2v) is 6.68. The quantitative estimate of drug-likeness (QED) is 0.721. The number of anilines is 1. The predicted molar refractivity (Wildman–Crippen MR) is 90.8 cm³/mol. The Bertz CT molecular complexity index is 741. The van der Waals surface area contributed by atoms with Crippen molar-refractivity contribution in [2.45, 2.75) is 33.2 Å². The van der Waals surface area contributed by atoms with Gasteiger partial charge >= 0.3 is 0 Å². The maximum atomic E-state index is 5.91. The lowest BCUT2D eigenvalue weighted by Gasteiger charge is -2.24. The second kappa shape index (κ2) is 5.53. The number of hydrogen-bond donors (Lipinski definition) is 1. The highest BCUT2D eigenvalue weighted by molar-refractivity contribution is 7.10. The third-order valence-electron chi connectivity index (χ3n) is 3.85. The molecule has 1 unspecified atom stereocenters. The van der Waals surface area contributed by atoms with E-state index in [1.807, 2.05) is 23.5 Å². The monoisotopic (exact) mass is 299 g/mol. The largest absolute Gasteiger partial charge is 0.399 e. The molecule has 4 heteroatoms. The van der Waals surface area contributed by atoms with E-state index in [9.17, 15) is 0 Å². The van der Waals surface area contributed by atoms with E-state index in [0.29, 0.717) is 12.0 Å². The lowest BCUT2D eigenvalue weighted by molar-refractivity contribution is 0.441. The van der Waals surface area contributed by atoms with Crippen molar-refractivity contribution in [3.05, 3.63) is 46.4 Å². The van der Waals surface area contributed by atoms with Crippen molar-refractivity contribution in [1.82, 2.24) is 9.55 Å². The van der Waals surface area contributed by atoms with E-state index in [1.165, 1.54) is 10.4 Å². The Morgan fingerprint density at radius 3 is 2.71 bits per heavy atom. The van der Waals surface area contributed by atoms with E-state index in [1.54, 1.807) is 0 Å². The van der Waals surface area contributed by atoms with Gasteiger partial charge in [-0.15, -0.1) is 11.3 Å². The average molecular weight is 299 g/mol. The SMILES string of the molecule is CCc1nc2cc(N)ccc2n1C(c1cccs1)C(C)C. The van der Waals surface area contributed by atoms with Crippen molar-refractivity contribution in [2.75, 3.05) is 5.73 Å². The lowest BCUT2D eigenvalue weighted by atomic mass is 10.0. The fraction of sp³-hybridized carbons (Fsp3) is 0.353. The molecule has 1 atom stereocenters. The summed E-state index contributed by atoms with van der Waals surface area (Å²) >= 11 is 1.82. The maximum Gasteiger partial charge on any atom is 0.110 e. The molecule has 0 fully saturated rings. The Balaban J connectivity index is 2.26. The maximum absolute atomic E-state index is 5.91. The van der Waals surface area contributed by atoms with Gasteiger partial charge in [0.15, 0.2) is 0 Å². The van der Waals surface area contributed by atoms with Gasteiger partial charge in [0, 0.05) is 17.0 Å². The van der Waals surface area contributed by atoms with Crippen LogP contribution >= 0.6 is 11.3 Å². The van der Waals surface area contributed by atoms with Crippen molar-refractivity contribution in [1.29, 1.82) is 0 Å². The highest BCUT2D eigenvalue weighted by atomic mass is 32.1. The van der Waals surface area contributed by atoms with Gasteiger partial charge in [0.1, 0.15) is 5.82 Å². The van der Waals surface area contributed by atoms with E-state index in [-0.39, 0.29) is 0 Å². The number of nitrogens with two attached hydrogens (primary N) is 1. The topological polar surface area (TPSA) is 43.8 Å². The standard InChI is InChI=1S/C17H21N3S/c1-4-16-19-13-10-12(18)7-8-14(13)20(16)17(11(2)3)15-6-5-9-21-15/h5-11,17H,4,18H2,1-3H3. The van der Waals surface area contributed by atoms with Gasteiger partial charge in [0.05, 0.1) is 17.1 Å². The average Bonchev–Trinajstić information content (AvgIpc) is 3.07. The van der Waals surface area contributed by atoms with Gasteiger partial charge in [-0.3, -0.25) is 0 Å². The fourth-order valence-electron chi connectivity index (χ4n) is 2.94. The third kappa shape index (κ3) is 2.44. The number of benzene rings is 1.